The second-order valence-corrected chi connectivity index (χ2v) is 4.85. The van der Waals surface area contributed by atoms with E-state index in [2.05, 4.69) is 10.6 Å². The van der Waals surface area contributed by atoms with Gasteiger partial charge in [-0.3, -0.25) is 9.59 Å². The number of esters is 1. The first-order chi connectivity index (χ1) is 10.0. The van der Waals surface area contributed by atoms with Crippen molar-refractivity contribution in [2.75, 3.05) is 18.5 Å². The van der Waals surface area contributed by atoms with E-state index in [9.17, 15) is 9.59 Å². The summed E-state index contributed by atoms with van der Waals surface area (Å²) in [5.41, 5.74) is 1.89. The molecule has 0 heterocycles. The largest absolute Gasteiger partial charge is 0.466 e. The predicted octanol–water partition coefficient (Wildman–Crippen LogP) is 2.12. The highest BCUT2D eigenvalue weighted by Gasteiger charge is 2.14. The maximum Gasteiger partial charge on any atom is 0.307 e. The number of hydrogen-bond donors (Lipinski definition) is 2. The highest BCUT2D eigenvalue weighted by Crippen LogP contribution is 2.12. The molecule has 0 spiro atoms. The summed E-state index contributed by atoms with van der Waals surface area (Å²) in [4.78, 5) is 22.6. The third-order valence-electron chi connectivity index (χ3n) is 2.97. The summed E-state index contributed by atoms with van der Waals surface area (Å²) >= 11 is 0. The first-order valence-electron chi connectivity index (χ1n) is 7.30. The van der Waals surface area contributed by atoms with Crippen LogP contribution in [-0.4, -0.2) is 31.1 Å². The van der Waals surface area contributed by atoms with Crippen molar-refractivity contribution in [2.24, 2.45) is 0 Å². The van der Waals surface area contributed by atoms with Crippen LogP contribution in [0.2, 0.25) is 0 Å². The van der Waals surface area contributed by atoms with Crippen molar-refractivity contribution in [1.29, 1.82) is 0 Å². The van der Waals surface area contributed by atoms with Gasteiger partial charge in [0.15, 0.2) is 0 Å². The van der Waals surface area contributed by atoms with Gasteiger partial charge >= 0.3 is 5.97 Å². The van der Waals surface area contributed by atoms with Gasteiger partial charge in [-0.15, -0.1) is 0 Å². The van der Waals surface area contributed by atoms with E-state index in [4.69, 9.17) is 4.74 Å². The van der Waals surface area contributed by atoms with E-state index in [0.717, 1.165) is 24.2 Å². The number of likely N-dealkylation sites (N-methyl/N-ethyl adjacent to an activating group) is 1. The number of rotatable bonds is 8. The maximum absolute atomic E-state index is 11.6. The van der Waals surface area contributed by atoms with Crippen LogP contribution in [0.1, 0.15) is 32.8 Å². The topological polar surface area (TPSA) is 67.4 Å². The lowest BCUT2D eigenvalue weighted by atomic mass is 10.0. The Morgan fingerprint density at radius 1 is 1.19 bits per heavy atom. The zero-order valence-electron chi connectivity index (χ0n) is 12.9. The third-order valence-corrected chi connectivity index (χ3v) is 2.97. The molecule has 0 saturated carbocycles. The fraction of sp³-hybridized carbons (Fsp3) is 0.500. The van der Waals surface area contributed by atoms with Crippen LogP contribution in [0.3, 0.4) is 0 Å². The minimum Gasteiger partial charge on any atom is -0.466 e. The van der Waals surface area contributed by atoms with E-state index in [-0.39, 0.29) is 17.9 Å². The second kappa shape index (κ2) is 9.13. The van der Waals surface area contributed by atoms with Crippen LogP contribution < -0.4 is 10.6 Å². The van der Waals surface area contributed by atoms with Crippen molar-refractivity contribution in [3.63, 3.8) is 0 Å². The van der Waals surface area contributed by atoms with Gasteiger partial charge in [0.1, 0.15) is 0 Å². The Morgan fingerprint density at radius 2 is 1.86 bits per heavy atom. The van der Waals surface area contributed by atoms with Crippen LogP contribution in [0.5, 0.6) is 0 Å². The average Bonchev–Trinajstić information content (AvgIpc) is 2.41. The Morgan fingerprint density at radius 3 is 2.38 bits per heavy atom. The molecule has 0 fully saturated rings. The molecule has 1 aromatic carbocycles. The molecule has 1 rings (SSSR count). The van der Waals surface area contributed by atoms with Gasteiger partial charge in [-0.05, 0) is 37.6 Å². The van der Waals surface area contributed by atoms with Gasteiger partial charge in [0.25, 0.3) is 0 Å². The van der Waals surface area contributed by atoms with Crippen molar-refractivity contribution in [2.45, 2.75) is 39.7 Å². The minimum absolute atomic E-state index is 0.0562. The lowest BCUT2D eigenvalue weighted by Gasteiger charge is -2.17. The fourth-order valence-electron chi connectivity index (χ4n) is 2.14. The molecule has 0 aliphatic rings. The molecule has 0 aliphatic carbocycles. The molecule has 0 saturated heterocycles. The summed E-state index contributed by atoms with van der Waals surface area (Å²) in [6.07, 6.45) is 1.10. The molecule has 0 bridgehead atoms. The number of anilines is 1. The van der Waals surface area contributed by atoms with E-state index in [1.807, 2.05) is 31.2 Å². The van der Waals surface area contributed by atoms with Crippen molar-refractivity contribution in [1.82, 2.24) is 5.32 Å². The Hall–Kier alpha value is -1.88. The van der Waals surface area contributed by atoms with Crippen LogP contribution in [0.4, 0.5) is 5.69 Å². The molecule has 0 radical (unpaired) electrons. The average molecular weight is 292 g/mol. The summed E-state index contributed by atoms with van der Waals surface area (Å²) in [5, 5.41) is 6.03. The number of nitrogens with one attached hydrogen (secondary N) is 2. The molecule has 1 amide bonds. The third kappa shape index (κ3) is 6.90. The number of benzene rings is 1. The summed E-state index contributed by atoms with van der Waals surface area (Å²) in [6, 6.07) is 7.70. The summed E-state index contributed by atoms with van der Waals surface area (Å²) < 4.78 is 4.99. The Kier molecular flexibility index (Phi) is 7.46. The number of carbonyl (C=O) groups excluding carboxylic acids is 2. The molecular formula is C16H24N2O3. The van der Waals surface area contributed by atoms with Crippen LogP contribution in [-0.2, 0) is 20.7 Å². The summed E-state index contributed by atoms with van der Waals surface area (Å²) in [5.74, 6) is -0.270. The van der Waals surface area contributed by atoms with Gasteiger partial charge in [0.2, 0.25) is 5.91 Å². The molecule has 2 N–H and O–H groups in total. The first kappa shape index (κ1) is 17.2. The molecule has 1 aromatic rings. The molecule has 1 unspecified atom stereocenters. The Labute approximate surface area is 126 Å². The van der Waals surface area contributed by atoms with Crippen molar-refractivity contribution < 1.29 is 14.3 Å². The molecule has 0 aliphatic heterocycles. The van der Waals surface area contributed by atoms with Crippen molar-refractivity contribution >= 4 is 17.6 Å². The predicted molar refractivity (Wildman–Crippen MR) is 83.2 cm³/mol. The molecule has 5 nitrogen and oxygen atoms in total. The van der Waals surface area contributed by atoms with E-state index >= 15 is 0 Å². The van der Waals surface area contributed by atoms with Crippen LogP contribution >= 0.6 is 0 Å². The first-order valence-corrected chi connectivity index (χ1v) is 7.30. The number of carbonyl (C=O) groups is 2. The molecule has 1 atom stereocenters. The van der Waals surface area contributed by atoms with Crippen molar-refractivity contribution in [3.05, 3.63) is 29.8 Å². The highest BCUT2D eigenvalue weighted by molar-refractivity contribution is 5.88. The van der Waals surface area contributed by atoms with E-state index in [1.54, 1.807) is 6.92 Å². The maximum atomic E-state index is 11.6. The quantitative estimate of drug-likeness (QED) is 0.720. The smallest absolute Gasteiger partial charge is 0.307 e. The second-order valence-electron chi connectivity index (χ2n) is 4.85. The van der Waals surface area contributed by atoms with Gasteiger partial charge in [-0.2, -0.15) is 0 Å². The minimum atomic E-state index is -0.182. The Bertz CT molecular complexity index is 457. The number of ether oxygens (including phenoxy) is 1. The monoisotopic (exact) mass is 292 g/mol. The van der Waals surface area contributed by atoms with Crippen LogP contribution in [0, 0.1) is 0 Å². The zero-order chi connectivity index (χ0) is 15.7. The normalized spacial score (nSPS) is 11.8. The van der Waals surface area contributed by atoms with Gasteiger partial charge in [0, 0.05) is 18.7 Å². The van der Waals surface area contributed by atoms with Gasteiger partial charge < -0.3 is 15.4 Å². The molecular weight excluding hydrogens is 268 g/mol. The van der Waals surface area contributed by atoms with E-state index in [0.29, 0.717) is 13.0 Å². The number of hydrogen-bond acceptors (Lipinski definition) is 4. The summed E-state index contributed by atoms with van der Waals surface area (Å²) in [6.45, 7) is 6.50. The van der Waals surface area contributed by atoms with Crippen LogP contribution in [0.25, 0.3) is 0 Å². The number of amides is 1. The zero-order valence-corrected chi connectivity index (χ0v) is 12.9. The van der Waals surface area contributed by atoms with Gasteiger partial charge in [-0.1, -0.05) is 19.1 Å². The lowest BCUT2D eigenvalue weighted by molar-refractivity contribution is -0.143. The SMILES string of the molecule is CCNC(CC(=O)OCC)Cc1ccc(NC(C)=O)cc1. The van der Waals surface area contributed by atoms with Crippen molar-refractivity contribution in [3.8, 4) is 0 Å². The standard InChI is InChI=1S/C16H24N2O3/c1-4-17-15(11-16(20)21-5-2)10-13-6-8-14(9-7-13)18-12(3)19/h6-9,15,17H,4-5,10-11H2,1-3H3,(H,18,19). The molecule has 5 heteroatoms. The fourth-order valence-corrected chi connectivity index (χ4v) is 2.14. The lowest BCUT2D eigenvalue weighted by Crippen LogP contribution is -2.33. The Balaban J connectivity index is 2.61. The molecule has 0 aromatic heterocycles. The van der Waals surface area contributed by atoms with Gasteiger partial charge in [-0.25, -0.2) is 0 Å². The molecule has 21 heavy (non-hydrogen) atoms. The highest BCUT2D eigenvalue weighted by atomic mass is 16.5. The van der Waals surface area contributed by atoms with E-state index < -0.39 is 0 Å². The van der Waals surface area contributed by atoms with Gasteiger partial charge in [0.05, 0.1) is 13.0 Å². The molecule has 116 valence electrons. The van der Waals surface area contributed by atoms with Crippen LogP contribution in [0.15, 0.2) is 24.3 Å². The van der Waals surface area contributed by atoms with E-state index in [1.165, 1.54) is 6.92 Å². The summed E-state index contributed by atoms with van der Waals surface area (Å²) in [7, 11) is 0.